The van der Waals surface area contributed by atoms with Gasteiger partial charge in [-0.15, -0.1) is 0 Å². The predicted octanol–water partition coefficient (Wildman–Crippen LogP) is 5.83. The Morgan fingerprint density at radius 1 is 1.16 bits per heavy atom. The Labute approximate surface area is 219 Å². The van der Waals surface area contributed by atoms with Crippen molar-refractivity contribution >= 4 is 16.7 Å². The lowest BCUT2D eigenvalue weighted by Gasteiger charge is -2.65. The van der Waals surface area contributed by atoms with Gasteiger partial charge >= 0.3 is 0 Å². The molecule has 2 saturated carbocycles. The van der Waals surface area contributed by atoms with Crippen LogP contribution in [0.1, 0.15) is 84.0 Å². The fraction of sp³-hybridized carbons (Fsp3) is 0.594. The highest BCUT2D eigenvalue weighted by Gasteiger charge is 2.75. The lowest BCUT2D eigenvalue weighted by atomic mass is 9.42. The second-order valence-electron chi connectivity index (χ2n) is 13.6. The summed E-state index contributed by atoms with van der Waals surface area (Å²) in [6.07, 6.45) is 8.28. The Morgan fingerprint density at radius 3 is 2.70 bits per heavy atom. The van der Waals surface area contributed by atoms with E-state index in [9.17, 15) is 9.90 Å². The zero-order valence-corrected chi connectivity index (χ0v) is 23.0. The number of aromatic nitrogens is 1. The summed E-state index contributed by atoms with van der Waals surface area (Å²) in [6.45, 7) is 12.8. The first-order chi connectivity index (χ1) is 17.3. The fourth-order valence-electron chi connectivity index (χ4n) is 8.93. The molecular formula is C32H39NO4. The van der Waals surface area contributed by atoms with Gasteiger partial charge < -0.3 is 19.6 Å². The molecule has 2 bridgehead atoms. The molecule has 5 aliphatic rings. The van der Waals surface area contributed by atoms with Crippen LogP contribution in [0.2, 0.25) is 0 Å². The molecule has 3 heterocycles. The number of hydrogen-bond donors (Lipinski definition) is 2. The topological polar surface area (TPSA) is 71.5 Å². The third kappa shape index (κ3) is 2.73. The van der Waals surface area contributed by atoms with E-state index in [-0.39, 0.29) is 11.2 Å². The number of H-pyrrole nitrogens is 1. The van der Waals surface area contributed by atoms with Crippen molar-refractivity contribution in [3.8, 4) is 0 Å². The second kappa shape index (κ2) is 7.05. The highest BCUT2D eigenvalue weighted by atomic mass is 16.8. The van der Waals surface area contributed by atoms with Gasteiger partial charge in [0.2, 0.25) is 0 Å². The molecule has 1 saturated heterocycles. The van der Waals surface area contributed by atoms with Crippen LogP contribution in [0.25, 0.3) is 10.9 Å². The molecule has 6 atom stereocenters. The fourth-order valence-corrected chi connectivity index (χ4v) is 8.93. The Bertz CT molecular complexity index is 1430. The number of aromatic amines is 1. The number of allylic oxidation sites excluding steroid dienone is 2. The smallest absolute Gasteiger partial charge is 0.195 e. The van der Waals surface area contributed by atoms with E-state index < -0.39 is 28.5 Å². The van der Waals surface area contributed by atoms with Crippen LogP contribution < -0.4 is 0 Å². The van der Waals surface area contributed by atoms with Crippen LogP contribution >= 0.6 is 0 Å². The average Bonchev–Trinajstić information content (AvgIpc) is 3.42. The quantitative estimate of drug-likeness (QED) is 0.508. The summed E-state index contributed by atoms with van der Waals surface area (Å²) in [5, 5.41) is 14.0. The van der Waals surface area contributed by atoms with E-state index in [1.807, 2.05) is 13.8 Å². The van der Waals surface area contributed by atoms with Crippen molar-refractivity contribution in [1.29, 1.82) is 0 Å². The first-order valence-corrected chi connectivity index (χ1v) is 14.0. The number of benzene rings is 1. The lowest BCUT2D eigenvalue weighted by Crippen LogP contribution is -2.69. The van der Waals surface area contributed by atoms with Crippen molar-refractivity contribution < 1.29 is 19.4 Å². The van der Waals surface area contributed by atoms with Crippen molar-refractivity contribution in [2.45, 2.75) is 109 Å². The number of carbonyl (C=O) groups excluding carboxylic acids is 1. The van der Waals surface area contributed by atoms with E-state index in [4.69, 9.17) is 9.47 Å². The number of hydrogen-bond acceptors (Lipinski definition) is 4. The monoisotopic (exact) mass is 501 g/mol. The number of ketones is 1. The first kappa shape index (κ1) is 23.9. The van der Waals surface area contributed by atoms with Crippen LogP contribution in [-0.2, 0) is 32.5 Å². The van der Waals surface area contributed by atoms with Gasteiger partial charge in [-0.3, -0.25) is 4.79 Å². The van der Waals surface area contributed by atoms with Crippen LogP contribution in [0.4, 0.5) is 0 Å². The molecule has 3 fully saturated rings. The van der Waals surface area contributed by atoms with Gasteiger partial charge in [0.05, 0.1) is 5.60 Å². The van der Waals surface area contributed by atoms with Crippen molar-refractivity contribution in [3.63, 3.8) is 0 Å². The number of fused-ring (bicyclic) bond motifs is 9. The minimum atomic E-state index is -1.18. The maximum absolute atomic E-state index is 13.2. The van der Waals surface area contributed by atoms with E-state index in [1.165, 1.54) is 33.3 Å². The third-order valence-electron chi connectivity index (χ3n) is 11.1. The molecule has 196 valence electrons. The molecule has 2 aromatic rings. The molecule has 1 spiro atoms. The van der Waals surface area contributed by atoms with Gasteiger partial charge in [-0.05, 0) is 95.1 Å². The van der Waals surface area contributed by atoms with Gasteiger partial charge in [-0.2, -0.15) is 0 Å². The molecule has 0 unspecified atom stereocenters. The summed E-state index contributed by atoms with van der Waals surface area (Å²) >= 11 is 0. The number of carbonyl (C=O) groups is 1. The maximum Gasteiger partial charge on any atom is 0.195 e. The molecule has 7 rings (SSSR count). The summed E-state index contributed by atoms with van der Waals surface area (Å²) in [5.74, 6) is -0.644. The van der Waals surface area contributed by atoms with Gasteiger partial charge in [-0.25, -0.2) is 0 Å². The molecule has 1 aromatic carbocycles. The van der Waals surface area contributed by atoms with Crippen molar-refractivity contribution in [2.24, 2.45) is 11.3 Å². The molecule has 5 heteroatoms. The molecule has 37 heavy (non-hydrogen) atoms. The predicted molar refractivity (Wildman–Crippen MR) is 143 cm³/mol. The molecular weight excluding hydrogens is 462 g/mol. The SMILES string of the molecule is CC(C)=CCc1ccc2[nH]c3c(c2c1)C[C@@H]1CC[C@@]2(O)C4=CC(=O)[C@@H]5O[C@@]4(CC[C@]2(C)[C@@]31C)OC5(C)C. The molecule has 0 radical (unpaired) electrons. The Kier molecular flexibility index (Phi) is 4.55. The Hall–Kier alpha value is -2.21. The summed E-state index contributed by atoms with van der Waals surface area (Å²) in [5.41, 5.74) is 4.58. The summed E-state index contributed by atoms with van der Waals surface area (Å²) in [4.78, 5) is 17.0. The zero-order chi connectivity index (χ0) is 26.2. The minimum absolute atomic E-state index is 0.0836. The largest absolute Gasteiger partial charge is 0.385 e. The van der Waals surface area contributed by atoms with E-state index in [2.05, 4.69) is 57.0 Å². The lowest BCUT2D eigenvalue weighted by molar-refractivity contribution is -0.247. The van der Waals surface area contributed by atoms with Gasteiger partial charge in [0.15, 0.2) is 17.7 Å². The van der Waals surface area contributed by atoms with Crippen LogP contribution in [0, 0.1) is 11.3 Å². The van der Waals surface area contributed by atoms with Gasteiger partial charge in [0.1, 0.15) is 5.60 Å². The maximum atomic E-state index is 13.2. The van der Waals surface area contributed by atoms with Crippen LogP contribution in [-0.4, -0.2) is 39.0 Å². The zero-order valence-electron chi connectivity index (χ0n) is 23.0. The van der Waals surface area contributed by atoms with E-state index >= 15 is 0 Å². The number of rotatable bonds is 2. The molecule has 1 aromatic heterocycles. The number of aliphatic hydroxyl groups is 1. The van der Waals surface area contributed by atoms with E-state index in [0.717, 1.165) is 25.7 Å². The molecule has 2 N–H and O–H groups in total. The van der Waals surface area contributed by atoms with Crippen LogP contribution in [0.3, 0.4) is 0 Å². The van der Waals surface area contributed by atoms with Gasteiger partial charge in [0, 0.05) is 39.4 Å². The van der Waals surface area contributed by atoms with Crippen molar-refractivity contribution in [3.05, 3.63) is 58.3 Å². The summed E-state index contributed by atoms with van der Waals surface area (Å²) in [7, 11) is 0. The van der Waals surface area contributed by atoms with Crippen LogP contribution in [0.15, 0.2) is 41.5 Å². The number of ether oxygens (including phenoxy) is 2. The Balaban J connectivity index is 1.36. The second-order valence-corrected chi connectivity index (χ2v) is 13.6. The standard InChI is InChI=1S/C32H39NO4/c1-18(2)7-8-19-9-10-23-21(15-19)22-16-20-11-12-31(35)25-17-24(34)27-28(3,4)37-32(25,36-27)14-13-29(31,5)30(20,6)26(22)33-23/h7,9-10,15,17,20,27,33,35H,8,11-14,16H2,1-6H3/t20-,27-,29+,30+,31+,32-/m0/s1. The summed E-state index contributed by atoms with van der Waals surface area (Å²) in [6, 6.07) is 6.81. The first-order valence-electron chi connectivity index (χ1n) is 14.0. The molecule has 2 aliphatic heterocycles. The van der Waals surface area contributed by atoms with E-state index in [1.54, 1.807) is 6.08 Å². The van der Waals surface area contributed by atoms with Crippen molar-refractivity contribution in [2.75, 3.05) is 0 Å². The Morgan fingerprint density at radius 2 is 1.95 bits per heavy atom. The highest BCUT2D eigenvalue weighted by Crippen LogP contribution is 2.71. The number of nitrogens with one attached hydrogen (secondary N) is 1. The normalized spacial score (nSPS) is 41.1. The van der Waals surface area contributed by atoms with Gasteiger partial charge in [-0.1, -0.05) is 31.6 Å². The minimum Gasteiger partial charge on any atom is -0.385 e. The van der Waals surface area contributed by atoms with Crippen LogP contribution in [0.5, 0.6) is 0 Å². The summed E-state index contributed by atoms with van der Waals surface area (Å²) < 4.78 is 12.9. The molecule has 5 nitrogen and oxygen atoms in total. The van der Waals surface area contributed by atoms with Crippen molar-refractivity contribution in [1.82, 2.24) is 4.98 Å². The highest BCUT2D eigenvalue weighted by molar-refractivity contribution is 5.97. The van der Waals surface area contributed by atoms with Gasteiger partial charge in [0.25, 0.3) is 0 Å². The molecule has 3 aliphatic carbocycles. The van der Waals surface area contributed by atoms with E-state index in [0.29, 0.717) is 24.3 Å². The third-order valence-corrected chi connectivity index (χ3v) is 11.1. The average molecular weight is 502 g/mol. The molecule has 0 amide bonds.